The third kappa shape index (κ3) is 5.28. The van der Waals surface area contributed by atoms with Gasteiger partial charge in [-0.2, -0.15) is 11.8 Å². The molecule has 96 valence electrons. The van der Waals surface area contributed by atoms with Gasteiger partial charge in [-0.15, -0.1) is 0 Å². The fourth-order valence-corrected chi connectivity index (χ4v) is 2.00. The smallest absolute Gasteiger partial charge is 0.237 e. The van der Waals surface area contributed by atoms with Crippen LogP contribution in [-0.4, -0.2) is 30.0 Å². The lowest BCUT2D eigenvalue weighted by Crippen LogP contribution is -2.45. The van der Waals surface area contributed by atoms with Crippen LogP contribution in [0.1, 0.15) is 19.1 Å². The van der Waals surface area contributed by atoms with E-state index in [1.54, 1.807) is 18.0 Å². The van der Waals surface area contributed by atoms with Gasteiger partial charge in [0.05, 0.1) is 12.3 Å². The molecular weight excluding hydrogens is 236 g/mol. The summed E-state index contributed by atoms with van der Waals surface area (Å²) in [6.45, 7) is 1.95. The van der Waals surface area contributed by atoms with E-state index in [1.165, 1.54) is 0 Å². The van der Waals surface area contributed by atoms with Gasteiger partial charge in [-0.05, 0) is 37.5 Å². The fraction of sp³-hybridized carbons (Fsp3) is 0.583. The molecule has 2 atom stereocenters. The molecule has 0 aliphatic heterocycles. The summed E-state index contributed by atoms with van der Waals surface area (Å²) in [6.07, 6.45) is 5.03. The van der Waals surface area contributed by atoms with Gasteiger partial charge in [0.25, 0.3) is 0 Å². The number of carbonyl (C=O) groups excluding carboxylic acids is 1. The van der Waals surface area contributed by atoms with E-state index in [2.05, 4.69) is 5.32 Å². The first kappa shape index (κ1) is 14.1. The Labute approximate surface area is 106 Å². The average Bonchev–Trinajstić information content (AvgIpc) is 2.78. The summed E-state index contributed by atoms with van der Waals surface area (Å²) in [7, 11) is 0. The van der Waals surface area contributed by atoms with Crippen molar-refractivity contribution in [1.29, 1.82) is 0 Å². The first-order valence-electron chi connectivity index (χ1n) is 5.70. The van der Waals surface area contributed by atoms with Crippen molar-refractivity contribution in [3.05, 3.63) is 24.2 Å². The Bertz CT molecular complexity index is 327. The molecule has 1 unspecified atom stereocenters. The molecule has 1 aromatic rings. The first-order valence-corrected chi connectivity index (χ1v) is 7.10. The van der Waals surface area contributed by atoms with Crippen molar-refractivity contribution in [3.8, 4) is 0 Å². The highest BCUT2D eigenvalue weighted by molar-refractivity contribution is 7.98. The lowest BCUT2D eigenvalue weighted by Gasteiger charge is -2.16. The normalized spacial score (nSPS) is 14.3. The lowest BCUT2D eigenvalue weighted by molar-refractivity contribution is -0.123. The molecule has 0 aliphatic carbocycles. The maximum Gasteiger partial charge on any atom is 0.237 e. The zero-order valence-electron chi connectivity index (χ0n) is 10.3. The molecule has 17 heavy (non-hydrogen) atoms. The van der Waals surface area contributed by atoms with Gasteiger partial charge in [0, 0.05) is 12.5 Å². The van der Waals surface area contributed by atoms with Crippen molar-refractivity contribution < 1.29 is 9.21 Å². The topological polar surface area (TPSA) is 68.3 Å². The van der Waals surface area contributed by atoms with Crippen LogP contribution in [0.3, 0.4) is 0 Å². The van der Waals surface area contributed by atoms with Gasteiger partial charge in [0.1, 0.15) is 5.76 Å². The Balaban J connectivity index is 2.30. The molecule has 1 amide bonds. The van der Waals surface area contributed by atoms with Gasteiger partial charge < -0.3 is 15.5 Å². The minimum Gasteiger partial charge on any atom is -0.469 e. The predicted octanol–water partition coefficient (Wildman–Crippen LogP) is 1.41. The van der Waals surface area contributed by atoms with Crippen LogP contribution in [0, 0.1) is 0 Å². The Morgan fingerprint density at radius 1 is 1.65 bits per heavy atom. The van der Waals surface area contributed by atoms with E-state index in [4.69, 9.17) is 10.2 Å². The summed E-state index contributed by atoms with van der Waals surface area (Å²) < 4.78 is 5.23. The molecular formula is C12H20N2O2S. The number of nitrogens with two attached hydrogens (primary N) is 1. The lowest BCUT2D eigenvalue weighted by atomic mass is 10.1. The van der Waals surface area contributed by atoms with Crippen LogP contribution in [0.2, 0.25) is 0 Å². The maximum atomic E-state index is 11.7. The van der Waals surface area contributed by atoms with Gasteiger partial charge in [-0.25, -0.2) is 0 Å². The van der Waals surface area contributed by atoms with E-state index < -0.39 is 6.04 Å². The standard InChI is InChI=1S/C12H20N2O2S/c1-9(8-10-4-3-6-16-10)14-12(15)11(13)5-7-17-2/h3-4,6,9,11H,5,7-8,13H2,1-2H3,(H,14,15)/t9?,11-/m0/s1. The number of nitrogens with one attached hydrogen (secondary N) is 1. The largest absolute Gasteiger partial charge is 0.469 e. The molecule has 5 heteroatoms. The van der Waals surface area contributed by atoms with Crippen LogP contribution in [0.15, 0.2) is 22.8 Å². The number of hydrogen-bond donors (Lipinski definition) is 2. The van der Waals surface area contributed by atoms with Crippen molar-refractivity contribution >= 4 is 17.7 Å². The van der Waals surface area contributed by atoms with Gasteiger partial charge in [0.15, 0.2) is 0 Å². The van der Waals surface area contributed by atoms with Crippen LogP contribution in [0.5, 0.6) is 0 Å². The molecule has 0 bridgehead atoms. The van der Waals surface area contributed by atoms with Crippen LogP contribution in [0.25, 0.3) is 0 Å². The molecule has 0 spiro atoms. The summed E-state index contributed by atoms with van der Waals surface area (Å²) in [5.74, 6) is 1.69. The van der Waals surface area contributed by atoms with Crippen molar-refractivity contribution in [3.63, 3.8) is 0 Å². The number of carbonyl (C=O) groups is 1. The van der Waals surface area contributed by atoms with E-state index in [9.17, 15) is 4.79 Å². The zero-order chi connectivity index (χ0) is 12.7. The Morgan fingerprint density at radius 2 is 2.41 bits per heavy atom. The highest BCUT2D eigenvalue weighted by atomic mass is 32.2. The molecule has 0 aromatic carbocycles. The quantitative estimate of drug-likeness (QED) is 0.774. The molecule has 0 aliphatic rings. The molecule has 0 saturated heterocycles. The number of rotatable bonds is 7. The Kier molecular flexibility index (Phi) is 6.15. The van der Waals surface area contributed by atoms with Gasteiger partial charge in [-0.3, -0.25) is 4.79 Å². The second kappa shape index (κ2) is 7.40. The predicted molar refractivity (Wildman–Crippen MR) is 71.0 cm³/mol. The van der Waals surface area contributed by atoms with Crippen LogP contribution < -0.4 is 11.1 Å². The highest BCUT2D eigenvalue weighted by Crippen LogP contribution is 2.04. The summed E-state index contributed by atoms with van der Waals surface area (Å²) >= 11 is 1.70. The second-order valence-electron chi connectivity index (χ2n) is 4.08. The molecule has 0 fully saturated rings. The third-order valence-corrected chi connectivity index (χ3v) is 3.09. The second-order valence-corrected chi connectivity index (χ2v) is 5.07. The average molecular weight is 256 g/mol. The minimum atomic E-state index is -0.415. The minimum absolute atomic E-state index is 0.0361. The highest BCUT2D eigenvalue weighted by Gasteiger charge is 2.15. The van der Waals surface area contributed by atoms with Gasteiger partial charge in [-0.1, -0.05) is 0 Å². The van der Waals surface area contributed by atoms with E-state index in [0.29, 0.717) is 12.8 Å². The van der Waals surface area contributed by atoms with Crippen LogP contribution in [0.4, 0.5) is 0 Å². The molecule has 4 nitrogen and oxygen atoms in total. The van der Waals surface area contributed by atoms with Crippen molar-refractivity contribution in [2.45, 2.75) is 31.8 Å². The zero-order valence-corrected chi connectivity index (χ0v) is 11.1. The molecule has 1 aromatic heterocycles. The van der Waals surface area contributed by atoms with E-state index in [1.807, 2.05) is 25.3 Å². The number of furan rings is 1. The van der Waals surface area contributed by atoms with Crippen molar-refractivity contribution in [1.82, 2.24) is 5.32 Å². The fourth-order valence-electron chi connectivity index (χ4n) is 1.51. The van der Waals surface area contributed by atoms with Crippen molar-refractivity contribution in [2.24, 2.45) is 5.73 Å². The number of thioether (sulfide) groups is 1. The molecule has 1 rings (SSSR count). The Hall–Kier alpha value is -0.940. The SMILES string of the molecule is CSCC[C@H](N)C(=O)NC(C)Cc1ccco1. The first-order chi connectivity index (χ1) is 8.13. The van der Waals surface area contributed by atoms with E-state index >= 15 is 0 Å². The molecule has 1 heterocycles. The number of amides is 1. The number of hydrogen-bond acceptors (Lipinski definition) is 4. The maximum absolute atomic E-state index is 11.7. The third-order valence-electron chi connectivity index (χ3n) is 2.45. The van der Waals surface area contributed by atoms with E-state index in [0.717, 1.165) is 11.5 Å². The summed E-state index contributed by atoms with van der Waals surface area (Å²) in [5.41, 5.74) is 5.78. The van der Waals surface area contributed by atoms with Gasteiger partial charge in [0.2, 0.25) is 5.91 Å². The monoisotopic (exact) mass is 256 g/mol. The summed E-state index contributed by atoms with van der Waals surface area (Å²) in [6, 6.07) is 3.36. The summed E-state index contributed by atoms with van der Waals surface area (Å²) in [5, 5.41) is 2.89. The van der Waals surface area contributed by atoms with E-state index in [-0.39, 0.29) is 11.9 Å². The van der Waals surface area contributed by atoms with Crippen LogP contribution in [-0.2, 0) is 11.2 Å². The van der Waals surface area contributed by atoms with Crippen molar-refractivity contribution in [2.75, 3.05) is 12.0 Å². The molecule has 3 N–H and O–H groups in total. The molecule has 0 saturated carbocycles. The summed E-state index contributed by atoms with van der Waals surface area (Å²) in [4.78, 5) is 11.7. The van der Waals surface area contributed by atoms with Crippen LogP contribution >= 0.6 is 11.8 Å². The van der Waals surface area contributed by atoms with Gasteiger partial charge >= 0.3 is 0 Å². The molecule has 0 radical (unpaired) electrons. The Morgan fingerprint density at radius 3 is 3.00 bits per heavy atom.